The largest absolute Gasteiger partial charge is 0.418 e. The van der Waals surface area contributed by atoms with Gasteiger partial charge in [0.2, 0.25) is 5.91 Å². The number of nitrogens with two attached hydrogens (primary N) is 1. The number of carbonyl (C=O) groups excluding carboxylic acids is 1. The van der Waals surface area contributed by atoms with Gasteiger partial charge in [0.25, 0.3) is 0 Å². The fourth-order valence-corrected chi connectivity index (χ4v) is 1.16. The van der Waals surface area contributed by atoms with Crippen LogP contribution in [0, 0.1) is 0 Å². The molecule has 1 atom stereocenters. The Morgan fingerprint density at radius 2 is 1.94 bits per heavy atom. The molecule has 0 aliphatic rings. The second-order valence-electron chi connectivity index (χ2n) is 3.31. The highest BCUT2D eigenvalue weighted by Gasteiger charge is 2.33. The molecular formula is C10H11F3N2O. The van der Waals surface area contributed by atoms with Gasteiger partial charge in [-0.3, -0.25) is 4.79 Å². The van der Waals surface area contributed by atoms with E-state index in [2.05, 4.69) is 5.32 Å². The maximum absolute atomic E-state index is 12.5. The van der Waals surface area contributed by atoms with E-state index in [9.17, 15) is 18.0 Å². The lowest BCUT2D eigenvalue weighted by atomic mass is 10.1. The molecule has 0 aromatic heterocycles. The predicted octanol–water partition coefficient (Wildman–Crippen LogP) is 1.99. The number of carbonyl (C=O) groups is 1. The highest BCUT2D eigenvalue weighted by atomic mass is 19.4. The van der Waals surface area contributed by atoms with E-state index in [-0.39, 0.29) is 5.69 Å². The molecule has 1 amide bonds. The van der Waals surface area contributed by atoms with Gasteiger partial charge in [-0.2, -0.15) is 13.2 Å². The van der Waals surface area contributed by atoms with Crippen LogP contribution >= 0.6 is 0 Å². The van der Waals surface area contributed by atoms with Crippen LogP contribution in [0.1, 0.15) is 12.5 Å². The van der Waals surface area contributed by atoms with Gasteiger partial charge >= 0.3 is 6.18 Å². The van der Waals surface area contributed by atoms with E-state index in [0.29, 0.717) is 0 Å². The molecule has 0 aliphatic carbocycles. The maximum Gasteiger partial charge on any atom is 0.418 e. The van der Waals surface area contributed by atoms with Crippen LogP contribution in [0.25, 0.3) is 0 Å². The topological polar surface area (TPSA) is 55.1 Å². The summed E-state index contributed by atoms with van der Waals surface area (Å²) in [5, 5.41) is 2.42. The van der Waals surface area contributed by atoms with Crippen molar-refractivity contribution in [3.05, 3.63) is 29.8 Å². The molecule has 1 aromatic carbocycles. The minimum atomic E-state index is -4.46. The Kier molecular flexibility index (Phi) is 3.41. The van der Waals surface area contributed by atoms with Crippen molar-refractivity contribution < 1.29 is 18.0 Å². The number of primary amides is 1. The lowest BCUT2D eigenvalue weighted by molar-refractivity contribution is -0.137. The van der Waals surface area contributed by atoms with Crippen molar-refractivity contribution in [1.29, 1.82) is 0 Å². The second kappa shape index (κ2) is 4.42. The van der Waals surface area contributed by atoms with E-state index >= 15 is 0 Å². The van der Waals surface area contributed by atoms with Crippen LogP contribution in [0.5, 0.6) is 0 Å². The van der Waals surface area contributed by atoms with E-state index in [1.807, 2.05) is 0 Å². The summed E-state index contributed by atoms with van der Waals surface area (Å²) in [5.74, 6) is -0.711. The van der Waals surface area contributed by atoms with Gasteiger partial charge < -0.3 is 11.1 Å². The highest BCUT2D eigenvalue weighted by Crippen LogP contribution is 2.34. The summed E-state index contributed by atoms with van der Waals surface area (Å²) in [4.78, 5) is 10.7. The van der Waals surface area contributed by atoms with Gasteiger partial charge in [-0.05, 0) is 19.1 Å². The van der Waals surface area contributed by atoms with Crippen molar-refractivity contribution in [3.63, 3.8) is 0 Å². The summed E-state index contributed by atoms with van der Waals surface area (Å²) in [6, 6.07) is 4.07. The molecule has 1 rings (SSSR count). The first-order chi connectivity index (χ1) is 7.32. The number of halogens is 3. The van der Waals surface area contributed by atoms with Gasteiger partial charge in [-0.15, -0.1) is 0 Å². The van der Waals surface area contributed by atoms with Gasteiger partial charge in [0.15, 0.2) is 0 Å². The zero-order chi connectivity index (χ0) is 12.3. The fraction of sp³-hybridized carbons (Fsp3) is 0.300. The molecule has 0 fully saturated rings. The number of anilines is 1. The first-order valence-electron chi connectivity index (χ1n) is 4.54. The normalized spacial score (nSPS) is 13.2. The maximum atomic E-state index is 12.5. The molecule has 6 heteroatoms. The number of alkyl halides is 3. The Morgan fingerprint density at radius 1 is 1.38 bits per heavy atom. The first kappa shape index (κ1) is 12.4. The molecule has 1 unspecified atom stereocenters. The summed E-state index contributed by atoms with van der Waals surface area (Å²) < 4.78 is 37.6. The van der Waals surface area contributed by atoms with Crippen LogP contribution in [0.2, 0.25) is 0 Å². The van der Waals surface area contributed by atoms with Crippen molar-refractivity contribution in [1.82, 2.24) is 0 Å². The van der Waals surface area contributed by atoms with E-state index in [1.165, 1.54) is 25.1 Å². The van der Waals surface area contributed by atoms with Crippen LogP contribution < -0.4 is 11.1 Å². The van der Waals surface area contributed by atoms with Crippen LogP contribution in [0.3, 0.4) is 0 Å². The molecule has 16 heavy (non-hydrogen) atoms. The standard InChI is InChI=1S/C10H11F3N2O/c1-6(9(14)16)15-8-5-3-2-4-7(8)10(11,12)13/h2-6,15H,1H3,(H2,14,16). The summed E-state index contributed by atoms with van der Waals surface area (Å²) in [7, 11) is 0. The van der Waals surface area contributed by atoms with Crippen LogP contribution in [-0.2, 0) is 11.0 Å². The zero-order valence-electron chi connectivity index (χ0n) is 8.51. The van der Waals surface area contributed by atoms with Crippen molar-refractivity contribution >= 4 is 11.6 Å². The third-order valence-corrected chi connectivity index (χ3v) is 2.03. The van der Waals surface area contributed by atoms with Crippen molar-refractivity contribution in [2.24, 2.45) is 5.73 Å². The van der Waals surface area contributed by atoms with E-state index < -0.39 is 23.7 Å². The SMILES string of the molecule is CC(Nc1ccccc1C(F)(F)F)C(N)=O. The molecule has 3 nitrogen and oxygen atoms in total. The smallest absolute Gasteiger partial charge is 0.373 e. The van der Waals surface area contributed by atoms with E-state index in [1.54, 1.807) is 0 Å². The predicted molar refractivity (Wildman–Crippen MR) is 53.7 cm³/mol. The van der Waals surface area contributed by atoms with Crippen molar-refractivity contribution in [2.45, 2.75) is 19.1 Å². The number of rotatable bonds is 3. The number of benzene rings is 1. The number of para-hydroxylation sites is 1. The molecular weight excluding hydrogens is 221 g/mol. The van der Waals surface area contributed by atoms with Crippen LogP contribution in [0.15, 0.2) is 24.3 Å². The first-order valence-corrected chi connectivity index (χ1v) is 4.54. The van der Waals surface area contributed by atoms with Crippen LogP contribution in [-0.4, -0.2) is 11.9 Å². The van der Waals surface area contributed by atoms with Crippen molar-refractivity contribution in [2.75, 3.05) is 5.32 Å². The van der Waals surface area contributed by atoms with Gasteiger partial charge in [-0.1, -0.05) is 12.1 Å². The molecule has 0 radical (unpaired) electrons. The quantitative estimate of drug-likeness (QED) is 0.837. The molecule has 88 valence electrons. The Balaban J connectivity index is 3.01. The van der Waals surface area contributed by atoms with Gasteiger partial charge in [0.1, 0.15) is 6.04 Å². The molecule has 3 N–H and O–H groups in total. The molecule has 0 aliphatic heterocycles. The molecule has 0 spiro atoms. The Hall–Kier alpha value is -1.72. The molecule has 0 saturated heterocycles. The minimum Gasteiger partial charge on any atom is -0.373 e. The Bertz CT molecular complexity index is 390. The lowest BCUT2D eigenvalue weighted by Crippen LogP contribution is -2.33. The zero-order valence-corrected chi connectivity index (χ0v) is 8.51. The van der Waals surface area contributed by atoms with Gasteiger partial charge in [0, 0.05) is 5.69 Å². The molecule has 0 heterocycles. The van der Waals surface area contributed by atoms with Crippen LogP contribution in [0.4, 0.5) is 18.9 Å². The average Bonchev–Trinajstić information content (AvgIpc) is 2.16. The minimum absolute atomic E-state index is 0.152. The van der Waals surface area contributed by atoms with Crippen molar-refractivity contribution in [3.8, 4) is 0 Å². The summed E-state index contributed by atoms with van der Waals surface area (Å²) in [5.41, 5.74) is 3.99. The van der Waals surface area contributed by atoms with E-state index in [0.717, 1.165) is 6.07 Å². The molecule has 0 saturated carbocycles. The number of hydrogen-bond donors (Lipinski definition) is 2. The Morgan fingerprint density at radius 3 is 2.44 bits per heavy atom. The molecule has 0 bridgehead atoms. The van der Waals surface area contributed by atoms with Gasteiger partial charge in [0.05, 0.1) is 5.56 Å². The van der Waals surface area contributed by atoms with E-state index in [4.69, 9.17) is 5.73 Å². The number of nitrogens with one attached hydrogen (secondary N) is 1. The summed E-state index contributed by atoms with van der Waals surface area (Å²) >= 11 is 0. The second-order valence-corrected chi connectivity index (χ2v) is 3.31. The number of amides is 1. The van der Waals surface area contributed by atoms with Gasteiger partial charge in [-0.25, -0.2) is 0 Å². The fourth-order valence-electron chi connectivity index (χ4n) is 1.16. The molecule has 1 aromatic rings. The number of hydrogen-bond acceptors (Lipinski definition) is 2. The summed E-state index contributed by atoms with van der Waals surface area (Å²) in [6.45, 7) is 1.40. The Labute approximate surface area is 90.4 Å². The highest BCUT2D eigenvalue weighted by molar-refractivity contribution is 5.82. The third kappa shape index (κ3) is 2.88. The third-order valence-electron chi connectivity index (χ3n) is 2.03. The lowest BCUT2D eigenvalue weighted by Gasteiger charge is -2.17. The summed E-state index contributed by atoms with van der Waals surface area (Å²) in [6.07, 6.45) is -4.46. The average molecular weight is 232 g/mol. The monoisotopic (exact) mass is 232 g/mol.